The molecule has 2 aromatic carbocycles. The van der Waals surface area contributed by atoms with Crippen molar-refractivity contribution in [2.45, 2.75) is 17.3 Å². The van der Waals surface area contributed by atoms with Gasteiger partial charge in [0.05, 0.1) is 36.6 Å². The number of sulfone groups is 1. The fourth-order valence-electron chi connectivity index (χ4n) is 3.47. The Kier molecular flexibility index (Phi) is 5.31. The van der Waals surface area contributed by atoms with Crippen LogP contribution in [0.3, 0.4) is 0 Å². The monoisotopic (exact) mass is 428 g/mol. The molecule has 4 rings (SSSR count). The van der Waals surface area contributed by atoms with Gasteiger partial charge in [0.2, 0.25) is 0 Å². The lowest BCUT2D eigenvalue weighted by molar-refractivity contribution is 0.184. The van der Waals surface area contributed by atoms with Gasteiger partial charge in [-0.1, -0.05) is 5.16 Å². The van der Waals surface area contributed by atoms with Crippen LogP contribution in [-0.4, -0.2) is 39.9 Å². The number of rotatable bonds is 7. The van der Waals surface area contributed by atoms with Crippen LogP contribution in [-0.2, 0) is 26.9 Å². The Morgan fingerprint density at radius 2 is 1.83 bits per heavy atom. The van der Waals surface area contributed by atoms with E-state index in [1.54, 1.807) is 43.6 Å². The Bertz CT molecular complexity index is 1330. The molecule has 0 radical (unpaired) electrons. The number of hydrogen-bond donors (Lipinski definition) is 0. The molecule has 0 saturated carbocycles. The molecule has 0 aliphatic rings. The van der Waals surface area contributed by atoms with E-state index >= 15 is 0 Å². The van der Waals surface area contributed by atoms with Gasteiger partial charge in [0.25, 0.3) is 0 Å². The van der Waals surface area contributed by atoms with Gasteiger partial charge < -0.3 is 18.7 Å². The summed E-state index contributed by atoms with van der Waals surface area (Å²) in [7, 11) is 0.834. The first-order chi connectivity index (χ1) is 14.5. The lowest BCUT2D eigenvalue weighted by atomic mass is 10.1. The minimum atomic E-state index is -3.79. The van der Waals surface area contributed by atoms with Crippen LogP contribution >= 0.6 is 0 Å². The van der Waals surface area contributed by atoms with E-state index in [9.17, 15) is 8.42 Å². The van der Waals surface area contributed by atoms with Crippen molar-refractivity contribution in [3.05, 3.63) is 53.9 Å². The van der Waals surface area contributed by atoms with Gasteiger partial charge in [0.1, 0.15) is 22.9 Å². The zero-order valence-corrected chi connectivity index (χ0v) is 17.5. The van der Waals surface area contributed by atoms with Crippen LogP contribution in [0.1, 0.15) is 11.3 Å². The molecule has 4 aromatic rings. The molecule has 30 heavy (non-hydrogen) atoms. The third-order valence-electron chi connectivity index (χ3n) is 4.77. The largest absolute Gasteiger partial charge is 0.496 e. The molecular formula is C21H20N2O6S. The molecule has 9 heteroatoms. The highest BCUT2D eigenvalue weighted by Crippen LogP contribution is 2.35. The maximum absolute atomic E-state index is 13.3. The summed E-state index contributed by atoms with van der Waals surface area (Å²) < 4.78 is 47.9. The Labute approximate surface area is 173 Å². The SMILES string of the molecule is COCc1cc(OC)c2c(CS(=O)(=O)c3ccc(OC)c4cccnc34)noc2c1. The van der Waals surface area contributed by atoms with Gasteiger partial charge in [-0.05, 0) is 42.0 Å². The maximum atomic E-state index is 13.3. The molecule has 0 fully saturated rings. The molecule has 0 amide bonds. The molecule has 0 aliphatic heterocycles. The molecule has 0 aliphatic carbocycles. The summed E-state index contributed by atoms with van der Waals surface area (Å²) in [5.74, 6) is 0.665. The van der Waals surface area contributed by atoms with Crippen LogP contribution < -0.4 is 9.47 Å². The van der Waals surface area contributed by atoms with Crippen LogP contribution in [0.15, 0.2) is 52.0 Å². The number of benzene rings is 2. The highest BCUT2D eigenvalue weighted by molar-refractivity contribution is 7.90. The number of methoxy groups -OCH3 is 3. The highest BCUT2D eigenvalue weighted by atomic mass is 32.2. The summed E-state index contributed by atoms with van der Waals surface area (Å²) in [6.45, 7) is 0.365. The lowest BCUT2D eigenvalue weighted by Gasteiger charge is -2.10. The van der Waals surface area contributed by atoms with E-state index in [2.05, 4.69) is 10.1 Å². The van der Waals surface area contributed by atoms with E-state index in [-0.39, 0.29) is 16.3 Å². The first-order valence-corrected chi connectivity index (χ1v) is 10.7. The Morgan fingerprint density at radius 1 is 1.03 bits per heavy atom. The van der Waals surface area contributed by atoms with Crippen molar-refractivity contribution in [1.82, 2.24) is 10.1 Å². The van der Waals surface area contributed by atoms with E-state index in [1.807, 2.05) is 0 Å². The van der Waals surface area contributed by atoms with E-state index in [4.69, 9.17) is 18.7 Å². The predicted octanol–water partition coefficient (Wildman–Crippen LogP) is 3.51. The summed E-state index contributed by atoms with van der Waals surface area (Å²) in [5, 5.41) is 5.15. The van der Waals surface area contributed by atoms with E-state index < -0.39 is 9.84 Å². The van der Waals surface area contributed by atoms with E-state index in [0.29, 0.717) is 40.0 Å². The van der Waals surface area contributed by atoms with Gasteiger partial charge in [0, 0.05) is 18.7 Å². The van der Waals surface area contributed by atoms with Gasteiger partial charge >= 0.3 is 0 Å². The molecule has 0 atom stereocenters. The fourth-order valence-corrected chi connectivity index (χ4v) is 4.91. The molecule has 0 bridgehead atoms. The normalized spacial score (nSPS) is 11.8. The highest BCUT2D eigenvalue weighted by Gasteiger charge is 2.25. The van der Waals surface area contributed by atoms with E-state index in [1.165, 1.54) is 20.3 Å². The number of nitrogens with zero attached hydrogens (tertiary/aromatic N) is 2. The van der Waals surface area contributed by atoms with Crippen LogP contribution in [0, 0.1) is 0 Å². The first kappa shape index (κ1) is 20.1. The molecule has 0 unspecified atom stereocenters. The molecular weight excluding hydrogens is 408 g/mol. The molecule has 156 valence electrons. The second kappa shape index (κ2) is 7.92. The number of aromatic nitrogens is 2. The van der Waals surface area contributed by atoms with Crippen molar-refractivity contribution in [3.8, 4) is 11.5 Å². The van der Waals surface area contributed by atoms with Gasteiger partial charge in [-0.15, -0.1) is 0 Å². The van der Waals surface area contributed by atoms with Crippen LogP contribution in [0.25, 0.3) is 21.9 Å². The summed E-state index contributed by atoms with van der Waals surface area (Å²) in [4.78, 5) is 4.37. The summed E-state index contributed by atoms with van der Waals surface area (Å²) >= 11 is 0. The van der Waals surface area contributed by atoms with Crippen molar-refractivity contribution in [1.29, 1.82) is 0 Å². The van der Waals surface area contributed by atoms with Crippen LogP contribution in [0.4, 0.5) is 0 Å². The van der Waals surface area contributed by atoms with Gasteiger partial charge in [0.15, 0.2) is 15.4 Å². The number of pyridine rings is 1. The zero-order valence-electron chi connectivity index (χ0n) is 16.7. The molecule has 0 N–H and O–H groups in total. The van der Waals surface area contributed by atoms with Crippen molar-refractivity contribution < 1.29 is 27.2 Å². The molecule has 8 nitrogen and oxygen atoms in total. The Balaban J connectivity index is 1.82. The van der Waals surface area contributed by atoms with E-state index in [0.717, 1.165) is 5.56 Å². The van der Waals surface area contributed by atoms with Crippen molar-refractivity contribution in [3.63, 3.8) is 0 Å². The second-order valence-electron chi connectivity index (χ2n) is 6.66. The Hall–Kier alpha value is -3.17. The lowest BCUT2D eigenvalue weighted by Crippen LogP contribution is -2.07. The maximum Gasteiger partial charge on any atom is 0.186 e. The molecule has 2 aromatic heterocycles. The van der Waals surface area contributed by atoms with Crippen LogP contribution in [0.2, 0.25) is 0 Å². The average Bonchev–Trinajstić information content (AvgIpc) is 3.14. The standard InChI is InChI=1S/C21H20N2O6S/c1-26-11-13-9-17(28-3)20-15(23-29-18(20)10-13)12-30(24,25)19-7-6-16(27-2)14-5-4-8-22-21(14)19/h4-10H,11-12H2,1-3H3. The van der Waals surface area contributed by atoms with Gasteiger partial charge in [-0.25, -0.2) is 8.42 Å². The van der Waals surface area contributed by atoms with Crippen molar-refractivity contribution in [2.75, 3.05) is 21.3 Å². The topological polar surface area (TPSA) is 101 Å². The summed E-state index contributed by atoms with van der Waals surface area (Å²) in [5.41, 5.74) is 1.88. The zero-order chi connectivity index (χ0) is 21.3. The molecule has 2 heterocycles. The minimum absolute atomic E-state index is 0.102. The summed E-state index contributed by atoms with van der Waals surface area (Å²) in [6.07, 6.45) is 1.55. The first-order valence-electron chi connectivity index (χ1n) is 9.07. The smallest absolute Gasteiger partial charge is 0.186 e. The summed E-state index contributed by atoms with van der Waals surface area (Å²) in [6, 6.07) is 10.2. The third-order valence-corrected chi connectivity index (χ3v) is 6.43. The number of ether oxygens (including phenoxy) is 3. The average molecular weight is 428 g/mol. The molecule has 0 spiro atoms. The van der Waals surface area contributed by atoms with Crippen molar-refractivity contribution >= 4 is 31.7 Å². The minimum Gasteiger partial charge on any atom is -0.496 e. The van der Waals surface area contributed by atoms with Crippen molar-refractivity contribution in [2.24, 2.45) is 0 Å². The quantitative estimate of drug-likeness (QED) is 0.441. The number of hydrogen-bond acceptors (Lipinski definition) is 8. The second-order valence-corrected chi connectivity index (χ2v) is 8.62. The Morgan fingerprint density at radius 3 is 2.57 bits per heavy atom. The molecule has 0 saturated heterocycles. The third kappa shape index (κ3) is 3.46. The fraction of sp³-hybridized carbons (Fsp3) is 0.238. The predicted molar refractivity (Wildman–Crippen MR) is 110 cm³/mol. The van der Waals surface area contributed by atoms with Gasteiger partial charge in [-0.3, -0.25) is 4.98 Å². The van der Waals surface area contributed by atoms with Gasteiger partial charge in [-0.2, -0.15) is 0 Å². The number of fused-ring (bicyclic) bond motifs is 2. The van der Waals surface area contributed by atoms with Crippen LogP contribution in [0.5, 0.6) is 11.5 Å².